The molecule has 88 valence electrons. The Labute approximate surface area is 90.3 Å². The normalized spacial score (nSPS) is 18.0. The standard InChI is InChI=1S/C10H11F3N2O/c11-6-4-7(12)9(14-8(6)13)15-10(5-16)2-1-3-10/h4,16H,1-3,5H2,(H,14,15). The SMILES string of the molecule is OCC1(Nc2nc(F)c(F)cc2F)CCC1. The van der Waals surface area contributed by atoms with Crippen molar-refractivity contribution in [3.63, 3.8) is 0 Å². The van der Waals surface area contributed by atoms with Crippen LogP contribution in [0.15, 0.2) is 6.07 Å². The van der Waals surface area contributed by atoms with E-state index in [0.717, 1.165) is 6.42 Å². The number of rotatable bonds is 3. The molecular weight excluding hydrogens is 221 g/mol. The van der Waals surface area contributed by atoms with Gasteiger partial charge in [-0.05, 0) is 19.3 Å². The smallest absolute Gasteiger partial charge is 0.251 e. The molecule has 1 saturated carbocycles. The molecule has 6 heteroatoms. The van der Waals surface area contributed by atoms with Crippen LogP contribution in [-0.2, 0) is 0 Å². The molecule has 2 rings (SSSR count). The number of nitrogens with one attached hydrogen (secondary N) is 1. The lowest BCUT2D eigenvalue weighted by Crippen LogP contribution is -2.48. The Morgan fingerprint density at radius 3 is 2.50 bits per heavy atom. The summed E-state index contributed by atoms with van der Waals surface area (Å²) >= 11 is 0. The maximum atomic E-state index is 13.2. The predicted octanol–water partition coefficient (Wildman–Crippen LogP) is 1.83. The van der Waals surface area contributed by atoms with Crippen molar-refractivity contribution in [2.45, 2.75) is 24.8 Å². The van der Waals surface area contributed by atoms with Gasteiger partial charge in [-0.2, -0.15) is 9.37 Å². The van der Waals surface area contributed by atoms with Gasteiger partial charge in [-0.15, -0.1) is 0 Å². The van der Waals surface area contributed by atoms with Crippen LogP contribution < -0.4 is 5.32 Å². The van der Waals surface area contributed by atoms with E-state index in [4.69, 9.17) is 5.11 Å². The van der Waals surface area contributed by atoms with Crippen LogP contribution in [0.25, 0.3) is 0 Å². The first-order valence-electron chi connectivity index (χ1n) is 4.97. The van der Waals surface area contributed by atoms with Crippen molar-refractivity contribution in [2.24, 2.45) is 0 Å². The summed E-state index contributed by atoms with van der Waals surface area (Å²) in [6.07, 6.45) is 2.21. The Balaban J connectivity index is 2.24. The average Bonchev–Trinajstić information content (AvgIpc) is 2.19. The molecule has 1 aliphatic rings. The molecule has 0 atom stereocenters. The van der Waals surface area contributed by atoms with Crippen LogP contribution >= 0.6 is 0 Å². The van der Waals surface area contributed by atoms with Gasteiger partial charge in [0.25, 0.3) is 5.95 Å². The van der Waals surface area contributed by atoms with Gasteiger partial charge in [-0.1, -0.05) is 0 Å². The molecule has 0 unspecified atom stereocenters. The van der Waals surface area contributed by atoms with Crippen molar-refractivity contribution in [1.82, 2.24) is 4.98 Å². The van der Waals surface area contributed by atoms with Gasteiger partial charge in [0.15, 0.2) is 17.5 Å². The minimum atomic E-state index is -1.35. The molecule has 16 heavy (non-hydrogen) atoms. The van der Waals surface area contributed by atoms with Gasteiger partial charge < -0.3 is 10.4 Å². The van der Waals surface area contributed by atoms with Crippen LogP contribution in [0.3, 0.4) is 0 Å². The van der Waals surface area contributed by atoms with Crippen LogP contribution in [0.2, 0.25) is 0 Å². The van der Waals surface area contributed by atoms with Crippen molar-refractivity contribution in [1.29, 1.82) is 0 Å². The lowest BCUT2D eigenvalue weighted by atomic mass is 9.77. The van der Waals surface area contributed by atoms with Crippen molar-refractivity contribution in [2.75, 3.05) is 11.9 Å². The number of aromatic nitrogens is 1. The molecule has 0 bridgehead atoms. The van der Waals surface area contributed by atoms with Crippen LogP contribution in [0.1, 0.15) is 19.3 Å². The van der Waals surface area contributed by atoms with E-state index in [0.29, 0.717) is 18.9 Å². The molecule has 1 aromatic rings. The number of hydrogen-bond acceptors (Lipinski definition) is 3. The van der Waals surface area contributed by atoms with E-state index in [1.54, 1.807) is 0 Å². The zero-order valence-electron chi connectivity index (χ0n) is 8.43. The summed E-state index contributed by atoms with van der Waals surface area (Å²) in [4.78, 5) is 3.15. The zero-order valence-corrected chi connectivity index (χ0v) is 8.43. The zero-order chi connectivity index (χ0) is 11.8. The lowest BCUT2D eigenvalue weighted by molar-refractivity contribution is 0.143. The molecule has 1 aromatic heterocycles. The second-order valence-corrected chi connectivity index (χ2v) is 4.01. The van der Waals surface area contributed by atoms with E-state index in [-0.39, 0.29) is 12.4 Å². The second-order valence-electron chi connectivity index (χ2n) is 4.01. The molecule has 0 aromatic carbocycles. The van der Waals surface area contributed by atoms with Gasteiger partial charge in [-0.25, -0.2) is 8.78 Å². The maximum Gasteiger partial charge on any atom is 0.251 e. The van der Waals surface area contributed by atoms with E-state index < -0.39 is 23.1 Å². The van der Waals surface area contributed by atoms with Crippen LogP contribution in [0, 0.1) is 17.6 Å². The van der Waals surface area contributed by atoms with Gasteiger partial charge in [0.2, 0.25) is 0 Å². The predicted molar refractivity (Wildman–Crippen MR) is 51.4 cm³/mol. The Morgan fingerprint density at radius 1 is 1.31 bits per heavy atom. The Morgan fingerprint density at radius 2 is 2.00 bits per heavy atom. The molecule has 1 fully saturated rings. The summed E-state index contributed by atoms with van der Waals surface area (Å²) in [5, 5.41) is 11.8. The summed E-state index contributed by atoms with van der Waals surface area (Å²) in [7, 11) is 0. The number of halogens is 3. The van der Waals surface area contributed by atoms with Crippen molar-refractivity contribution in [3.8, 4) is 0 Å². The third-order valence-corrected chi connectivity index (χ3v) is 2.88. The first kappa shape index (κ1) is 11.2. The Hall–Kier alpha value is -1.30. The van der Waals surface area contributed by atoms with E-state index in [2.05, 4.69) is 10.3 Å². The van der Waals surface area contributed by atoms with Gasteiger partial charge >= 0.3 is 0 Å². The molecule has 0 amide bonds. The maximum absolute atomic E-state index is 13.2. The number of aliphatic hydroxyl groups excluding tert-OH is 1. The quantitative estimate of drug-likeness (QED) is 0.781. The third-order valence-electron chi connectivity index (χ3n) is 2.88. The van der Waals surface area contributed by atoms with E-state index in [9.17, 15) is 13.2 Å². The Bertz CT molecular complexity index is 402. The van der Waals surface area contributed by atoms with Crippen LogP contribution in [-0.4, -0.2) is 22.2 Å². The highest BCUT2D eigenvalue weighted by atomic mass is 19.2. The second kappa shape index (κ2) is 3.93. The first-order chi connectivity index (χ1) is 7.56. The topological polar surface area (TPSA) is 45.1 Å². The molecule has 0 radical (unpaired) electrons. The van der Waals surface area contributed by atoms with Crippen LogP contribution in [0.4, 0.5) is 19.0 Å². The molecule has 3 nitrogen and oxygen atoms in total. The van der Waals surface area contributed by atoms with Crippen molar-refractivity contribution < 1.29 is 18.3 Å². The number of anilines is 1. The van der Waals surface area contributed by atoms with Crippen molar-refractivity contribution in [3.05, 3.63) is 23.6 Å². The summed E-state index contributed by atoms with van der Waals surface area (Å²) in [6, 6.07) is 0.439. The lowest BCUT2D eigenvalue weighted by Gasteiger charge is -2.41. The number of aliphatic hydroxyl groups is 1. The summed E-state index contributed by atoms with van der Waals surface area (Å²) < 4.78 is 38.7. The van der Waals surface area contributed by atoms with E-state index in [1.165, 1.54) is 0 Å². The molecule has 1 heterocycles. The monoisotopic (exact) mass is 232 g/mol. The molecule has 1 aliphatic carbocycles. The van der Waals surface area contributed by atoms with E-state index in [1.807, 2.05) is 0 Å². The largest absolute Gasteiger partial charge is 0.394 e. The highest BCUT2D eigenvalue weighted by molar-refractivity contribution is 5.40. The van der Waals surface area contributed by atoms with Crippen molar-refractivity contribution >= 4 is 5.82 Å². The highest BCUT2D eigenvalue weighted by Gasteiger charge is 2.37. The summed E-state index contributed by atoms with van der Waals surface area (Å²) in [6.45, 7) is -0.187. The number of pyridine rings is 1. The van der Waals surface area contributed by atoms with Gasteiger partial charge in [0, 0.05) is 6.07 Å². The summed E-state index contributed by atoms with van der Waals surface area (Å²) in [5.41, 5.74) is -0.641. The Kier molecular flexibility index (Phi) is 2.75. The van der Waals surface area contributed by atoms with Crippen LogP contribution in [0.5, 0.6) is 0 Å². The molecule has 2 N–H and O–H groups in total. The fraction of sp³-hybridized carbons (Fsp3) is 0.500. The fourth-order valence-corrected chi connectivity index (χ4v) is 1.71. The molecule has 0 saturated heterocycles. The average molecular weight is 232 g/mol. The minimum Gasteiger partial charge on any atom is -0.394 e. The first-order valence-corrected chi connectivity index (χ1v) is 4.97. The summed E-state index contributed by atoms with van der Waals surface area (Å²) in [5.74, 6) is -3.99. The van der Waals surface area contributed by atoms with Gasteiger partial charge in [-0.3, -0.25) is 0 Å². The molecule has 0 aliphatic heterocycles. The van der Waals surface area contributed by atoms with E-state index >= 15 is 0 Å². The minimum absolute atomic E-state index is 0.187. The van der Waals surface area contributed by atoms with Gasteiger partial charge in [0.1, 0.15) is 0 Å². The van der Waals surface area contributed by atoms with Gasteiger partial charge in [0.05, 0.1) is 12.1 Å². The fourth-order valence-electron chi connectivity index (χ4n) is 1.71. The third kappa shape index (κ3) is 1.84. The number of nitrogens with zero attached hydrogens (tertiary/aromatic N) is 1. The number of hydrogen-bond donors (Lipinski definition) is 2. The molecule has 0 spiro atoms. The highest BCUT2D eigenvalue weighted by Crippen LogP contribution is 2.35. The molecular formula is C10H11F3N2O.